The summed E-state index contributed by atoms with van der Waals surface area (Å²) in [5.41, 5.74) is 4.41. The van der Waals surface area contributed by atoms with Gasteiger partial charge in [-0.05, 0) is 83.7 Å². The zero-order valence-electron chi connectivity index (χ0n) is 24.7. The highest BCUT2D eigenvalue weighted by Gasteiger charge is 2.31. The Morgan fingerprint density at radius 2 is 1.61 bits per heavy atom. The van der Waals surface area contributed by atoms with Gasteiger partial charge in [-0.3, -0.25) is 14.6 Å². The number of benzene rings is 3. The quantitative estimate of drug-likeness (QED) is 0.180. The van der Waals surface area contributed by atoms with Crippen LogP contribution in [0.2, 0.25) is 0 Å². The van der Waals surface area contributed by atoms with Gasteiger partial charge >= 0.3 is 12.1 Å². The Morgan fingerprint density at radius 3 is 2.25 bits per heavy atom. The maximum Gasteiger partial charge on any atom is 0.416 e. The number of nitrogens with one attached hydrogen (secondary N) is 1. The molecule has 8 heteroatoms. The number of aliphatic carboxylic acids is 1. The topological polar surface area (TPSA) is 79.3 Å². The van der Waals surface area contributed by atoms with Crippen LogP contribution in [0.1, 0.15) is 108 Å². The van der Waals surface area contributed by atoms with Crippen molar-refractivity contribution in [2.45, 2.75) is 75.8 Å². The summed E-state index contributed by atoms with van der Waals surface area (Å²) in [6.07, 6.45) is 3.74. The highest BCUT2D eigenvalue weighted by molar-refractivity contribution is 5.94. The van der Waals surface area contributed by atoms with Crippen LogP contribution in [0.15, 0.2) is 79.0 Å². The lowest BCUT2D eigenvalue weighted by molar-refractivity contribution is -0.138. The van der Waals surface area contributed by atoms with Crippen LogP contribution >= 0.6 is 0 Å². The van der Waals surface area contributed by atoms with Crippen molar-refractivity contribution in [2.75, 3.05) is 6.54 Å². The normalized spacial score (nSPS) is 15.3. The summed E-state index contributed by atoms with van der Waals surface area (Å²) in [5, 5.41) is 12.1. The van der Waals surface area contributed by atoms with Gasteiger partial charge in [0.1, 0.15) is 0 Å². The van der Waals surface area contributed by atoms with Gasteiger partial charge in [0.25, 0.3) is 5.91 Å². The average Bonchev–Trinajstić information content (AvgIpc) is 3.55. The van der Waals surface area contributed by atoms with Gasteiger partial charge < -0.3 is 10.4 Å². The van der Waals surface area contributed by atoms with E-state index in [1.807, 2.05) is 18.2 Å². The second-order valence-corrected chi connectivity index (χ2v) is 11.7. The number of carboxylic acid groups (broad SMARTS) is 1. The summed E-state index contributed by atoms with van der Waals surface area (Å²) in [7, 11) is 0. The Balaban J connectivity index is 1.52. The number of hydrogen-bond donors (Lipinski definition) is 2. The molecule has 0 radical (unpaired) electrons. The number of carbonyl (C=O) groups is 2. The number of rotatable bonds is 11. The number of pyridine rings is 1. The number of halogens is 3. The van der Waals surface area contributed by atoms with Gasteiger partial charge in [-0.1, -0.05) is 68.7 Å². The second kappa shape index (κ2) is 13.6. The number of nitrogens with zero attached hydrogens (tertiary/aromatic N) is 1. The van der Waals surface area contributed by atoms with E-state index in [-0.39, 0.29) is 30.7 Å². The zero-order valence-corrected chi connectivity index (χ0v) is 24.7. The number of amides is 1. The molecule has 1 heterocycles. The maximum atomic E-state index is 13.4. The predicted molar refractivity (Wildman–Crippen MR) is 165 cm³/mol. The SMILES string of the molecule is CCC[C@H](c1ccc(C(=O)NCCC(=O)O)cc1)C(c1ccc(C2CCCC2)cc1)c1cnc2cc(C(F)(F)F)ccc2c1. The van der Waals surface area contributed by atoms with Crippen molar-refractivity contribution in [1.82, 2.24) is 10.3 Å². The molecular formula is C36H37F3N2O3. The molecule has 0 spiro atoms. The van der Waals surface area contributed by atoms with Crippen LogP contribution in [0.3, 0.4) is 0 Å². The van der Waals surface area contributed by atoms with Gasteiger partial charge in [0.05, 0.1) is 17.5 Å². The van der Waals surface area contributed by atoms with E-state index in [1.165, 1.54) is 37.3 Å². The first-order valence-corrected chi connectivity index (χ1v) is 15.3. The molecule has 4 aromatic rings. The highest BCUT2D eigenvalue weighted by atomic mass is 19.4. The molecule has 1 aromatic heterocycles. The molecule has 1 unspecified atom stereocenters. The summed E-state index contributed by atoms with van der Waals surface area (Å²) in [4.78, 5) is 27.9. The second-order valence-electron chi connectivity index (χ2n) is 11.7. The molecule has 0 saturated heterocycles. The molecular weight excluding hydrogens is 565 g/mol. The van der Waals surface area contributed by atoms with Crippen molar-refractivity contribution in [3.8, 4) is 0 Å². The average molecular weight is 603 g/mol. The minimum atomic E-state index is -4.44. The van der Waals surface area contributed by atoms with E-state index >= 15 is 0 Å². The molecule has 3 aromatic carbocycles. The van der Waals surface area contributed by atoms with Gasteiger partial charge in [-0.15, -0.1) is 0 Å². The number of fused-ring (bicyclic) bond motifs is 1. The molecule has 1 aliphatic rings. The van der Waals surface area contributed by atoms with Crippen molar-refractivity contribution >= 4 is 22.8 Å². The number of aromatic nitrogens is 1. The number of carboxylic acids is 1. The summed E-state index contributed by atoms with van der Waals surface area (Å²) >= 11 is 0. The number of alkyl halides is 3. The van der Waals surface area contributed by atoms with Gasteiger partial charge in [-0.2, -0.15) is 13.2 Å². The lowest BCUT2D eigenvalue weighted by atomic mass is 9.75. The van der Waals surface area contributed by atoms with Crippen molar-refractivity contribution in [3.63, 3.8) is 0 Å². The third-order valence-corrected chi connectivity index (χ3v) is 8.74. The molecule has 1 aliphatic carbocycles. The number of carbonyl (C=O) groups excluding carboxylic acids is 1. The monoisotopic (exact) mass is 602 g/mol. The van der Waals surface area contributed by atoms with Crippen LogP contribution in [-0.2, 0) is 11.0 Å². The fourth-order valence-corrected chi connectivity index (χ4v) is 6.48. The maximum absolute atomic E-state index is 13.4. The largest absolute Gasteiger partial charge is 0.481 e. The minimum absolute atomic E-state index is 0.00940. The van der Waals surface area contributed by atoms with Crippen molar-refractivity contribution in [3.05, 3.63) is 112 Å². The predicted octanol–water partition coefficient (Wildman–Crippen LogP) is 8.83. The van der Waals surface area contributed by atoms with E-state index in [1.54, 1.807) is 18.3 Å². The van der Waals surface area contributed by atoms with Crippen LogP contribution in [0, 0.1) is 0 Å². The van der Waals surface area contributed by atoms with E-state index < -0.39 is 17.7 Å². The molecule has 1 saturated carbocycles. The molecule has 44 heavy (non-hydrogen) atoms. The summed E-state index contributed by atoms with van der Waals surface area (Å²) in [6, 6.07) is 21.8. The smallest absolute Gasteiger partial charge is 0.416 e. The third-order valence-electron chi connectivity index (χ3n) is 8.74. The lowest BCUT2D eigenvalue weighted by Gasteiger charge is -2.29. The summed E-state index contributed by atoms with van der Waals surface area (Å²) < 4.78 is 40.1. The first kappa shape index (κ1) is 31.2. The molecule has 1 fully saturated rings. The summed E-state index contributed by atoms with van der Waals surface area (Å²) in [6.45, 7) is 2.17. The fourth-order valence-electron chi connectivity index (χ4n) is 6.48. The molecule has 0 bridgehead atoms. The van der Waals surface area contributed by atoms with E-state index in [2.05, 4.69) is 41.5 Å². The van der Waals surface area contributed by atoms with Gasteiger partial charge in [0.15, 0.2) is 0 Å². The van der Waals surface area contributed by atoms with E-state index in [0.29, 0.717) is 22.4 Å². The van der Waals surface area contributed by atoms with Crippen molar-refractivity contribution in [1.29, 1.82) is 0 Å². The van der Waals surface area contributed by atoms with E-state index in [0.717, 1.165) is 41.7 Å². The van der Waals surface area contributed by atoms with Crippen LogP contribution < -0.4 is 5.32 Å². The summed E-state index contributed by atoms with van der Waals surface area (Å²) in [5.74, 6) is -0.847. The Hall–Kier alpha value is -4.20. The van der Waals surface area contributed by atoms with Crippen LogP contribution in [0.25, 0.3) is 10.9 Å². The van der Waals surface area contributed by atoms with Gasteiger partial charge in [0, 0.05) is 29.6 Å². The molecule has 0 aliphatic heterocycles. The minimum Gasteiger partial charge on any atom is -0.481 e. The fraction of sp³-hybridized carbons (Fsp3) is 0.361. The highest BCUT2D eigenvalue weighted by Crippen LogP contribution is 2.43. The number of hydrogen-bond acceptors (Lipinski definition) is 3. The Kier molecular flexibility index (Phi) is 9.67. The Morgan fingerprint density at radius 1 is 0.932 bits per heavy atom. The molecule has 5 nitrogen and oxygen atoms in total. The van der Waals surface area contributed by atoms with Gasteiger partial charge in [0.2, 0.25) is 0 Å². The van der Waals surface area contributed by atoms with E-state index in [9.17, 15) is 22.8 Å². The molecule has 2 N–H and O–H groups in total. The molecule has 230 valence electrons. The zero-order chi connectivity index (χ0) is 31.3. The Labute approximate surface area is 255 Å². The van der Waals surface area contributed by atoms with Crippen molar-refractivity contribution in [2.24, 2.45) is 0 Å². The van der Waals surface area contributed by atoms with Crippen LogP contribution in [-0.4, -0.2) is 28.5 Å². The lowest BCUT2D eigenvalue weighted by Crippen LogP contribution is -2.26. The molecule has 1 amide bonds. The van der Waals surface area contributed by atoms with Crippen LogP contribution in [0.5, 0.6) is 0 Å². The first-order valence-electron chi connectivity index (χ1n) is 15.3. The van der Waals surface area contributed by atoms with Crippen LogP contribution in [0.4, 0.5) is 13.2 Å². The standard InChI is InChI=1S/C36H37F3N2O3/c1-2-5-31(25-10-14-27(15-11-25)35(44)40-19-18-33(42)43)34(26-12-8-24(9-13-26)23-6-3-4-7-23)29-20-28-16-17-30(36(37,38)39)21-32(28)41-22-29/h8-17,20-23,31,34H,2-7,18-19H2,1H3,(H,40,44)(H,42,43)/t31-,34?/m1/s1. The van der Waals surface area contributed by atoms with Crippen molar-refractivity contribution < 1.29 is 27.9 Å². The van der Waals surface area contributed by atoms with Gasteiger partial charge in [-0.25, -0.2) is 0 Å². The first-order chi connectivity index (χ1) is 21.1. The Bertz CT molecular complexity index is 1590. The molecule has 2 atom stereocenters. The van der Waals surface area contributed by atoms with E-state index in [4.69, 9.17) is 5.11 Å². The molecule has 5 rings (SSSR count). The third kappa shape index (κ3) is 7.29.